The number of nitrogens with zero attached hydrogens (tertiary/aromatic N) is 5. The molecule has 1 atom stereocenters. The molecule has 18 heteroatoms. The lowest BCUT2D eigenvalue weighted by molar-refractivity contribution is -0.143. The Hall–Kier alpha value is -4.35. The van der Waals surface area contributed by atoms with Crippen molar-refractivity contribution in [2.75, 3.05) is 41.5 Å². The Morgan fingerprint density at radius 1 is 0.855 bits per heavy atom. The Bertz CT molecular complexity index is 1940. The van der Waals surface area contributed by atoms with Crippen LogP contribution in [0.2, 0.25) is 0 Å². The van der Waals surface area contributed by atoms with Crippen LogP contribution >= 0.6 is 0 Å². The van der Waals surface area contributed by atoms with E-state index in [1.165, 1.54) is 17.9 Å². The molecular formula is C37H40F9N5O3S. The first kappa shape index (κ1) is 41.8. The zero-order valence-electron chi connectivity index (χ0n) is 30.1. The van der Waals surface area contributed by atoms with Crippen LogP contribution < -0.4 is 14.5 Å². The number of alkyl halides is 9. The summed E-state index contributed by atoms with van der Waals surface area (Å²) < 4.78 is 155. The van der Waals surface area contributed by atoms with E-state index < -0.39 is 63.2 Å². The molecule has 0 radical (unpaired) electrons. The van der Waals surface area contributed by atoms with Crippen molar-refractivity contribution < 1.29 is 52.7 Å². The number of allylic oxidation sites excluding steroid dienone is 1. The van der Waals surface area contributed by atoms with E-state index in [0.29, 0.717) is 36.8 Å². The van der Waals surface area contributed by atoms with Gasteiger partial charge in [0.15, 0.2) is 15.6 Å². The number of sulfone groups is 1. The Kier molecular flexibility index (Phi) is 12.5. The summed E-state index contributed by atoms with van der Waals surface area (Å²) in [7, 11) is -3.39. The first-order valence-electron chi connectivity index (χ1n) is 17.5. The molecule has 55 heavy (non-hydrogen) atoms. The predicted molar refractivity (Wildman–Crippen MR) is 190 cm³/mol. The fourth-order valence-corrected chi connectivity index (χ4v) is 7.14. The van der Waals surface area contributed by atoms with Crippen molar-refractivity contribution in [3.8, 4) is 5.75 Å². The van der Waals surface area contributed by atoms with Gasteiger partial charge in [-0.05, 0) is 99.0 Å². The molecule has 2 aliphatic rings. The van der Waals surface area contributed by atoms with Crippen LogP contribution in [0.3, 0.4) is 0 Å². The highest BCUT2D eigenvalue weighted by Gasteiger charge is 2.38. The summed E-state index contributed by atoms with van der Waals surface area (Å²) in [5, 5.41) is 0. The quantitative estimate of drug-likeness (QED) is 0.150. The molecule has 1 fully saturated rings. The van der Waals surface area contributed by atoms with Gasteiger partial charge in [-0.2, -0.15) is 39.5 Å². The van der Waals surface area contributed by atoms with Gasteiger partial charge in [0.25, 0.3) is 0 Å². The molecule has 0 spiro atoms. The Morgan fingerprint density at radius 2 is 1.44 bits per heavy atom. The third-order valence-corrected chi connectivity index (χ3v) is 10.7. The fraction of sp³-hybridized carbons (Fsp3) is 0.486. The van der Waals surface area contributed by atoms with Crippen LogP contribution in [0.25, 0.3) is 0 Å². The van der Waals surface area contributed by atoms with Gasteiger partial charge < -0.3 is 14.5 Å². The van der Waals surface area contributed by atoms with Crippen LogP contribution in [0.4, 0.5) is 51.1 Å². The molecule has 1 saturated carbocycles. The smallest absolute Gasteiger partial charge is 0.416 e. The molecule has 0 amide bonds. The van der Waals surface area contributed by atoms with Gasteiger partial charge in [0.2, 0.25) is 5.95 Å². The number of benzene rings is 2. The minimum absolute atomic E-state index is 0.00506. The average Bonchev–Trinajstić information content (AvgIpc) is 3.08. The number of hydrogen-bond acceptors (Lipinski definition) is 8. The zero-order valence-corrected chi connectivity index (χ0v) is 31.0. The van der Waals surface area contributed by atoms with Gasteiger partial charge in [0.05, 0.1) is 40.9 Å². The number of hydrogen-bond donors (Lipinski definition) is 0. The van der Waals surface area contributed by atoms with Crippen LogP contribution in [0.15, 0.2) is 66.1 Å². The number of halogens is 9. The van der Waals surface area contributed by atoms with Gasteiger partial charge >= 0.3 is 18.5 Å². The highest BCUT2D eigenvalue weighted by Crippen LogP contribution is 2.41. The molecule has 0 bridgehead atoms. The molecule has 0 N–H and O–H groups in total. The molecule has 1 unspecified atom stereocenters. The summed E-state index contributed by atoms with van der Waals surface area (Å²) in [5.74, 6) is -0.0271. The summed E-state index contributed by atoms with van der Waals surface area (Å²) in [6.45, 7) is 3.32. The largest absolute Gasteiger partial charge is 0.489 e. The van der Waals surface area contributed by atoms with E-state index in [9.17, 15) is 47.9 Å². The number of aliphatic imine (C=N–C) groups is 1. The summed E-state index contributed by atoms with van der Waals surface area (Å²) in [5.41, 5.74) is -3.02. The molecule has 1 aromatic heterocycles. The minimum atomic E-state index is -5.15. The molecule has 5 rings (SSSR count). The van der Waals surface area contributed by atoms with E-state index >= 15 is 0 Å². The van der Waals surface area contributed by atoms with E-state index in [-0.39, 0.29) is 41.6 Å². The highest BCUT2D eigenvalue weighted by molar-refractivity contribution is 7.90. The maximum absolute atomic E-state index is 14.2. The first-order chi connectivity index (χ1) is 25.6. The fourth-order valence-electron chi connectivity index (χ4n) is 6.76. The van der Waals surface area contributed by atoms with Gasteiger partial charge in [0.1, 0.15) is 6.61 Å². The standard InChI is InChI=1S/C37H40F9N5O3S/c1-4-50(21-24-5-7-25(8-6-24)32-11-12-47-32)33-10-9-28(35(38,39)40)17-27(33)22-51(34-48-19-31(20-49-34)54-13-14-55(3,52)53)23(2)26-15-29(36(41,42)43)18-30(16-26)37(44,45)46/h9-12,15-20,23-25H,4-8,13-14,21-22H2,1-3H3/t23?,24-,25-. The van der Waals surface area contributed by atoms with Crippen molar-refractivity contribution in [2.24, 2.45) is 16.8 Å². The van der Waals surface area contributed by atoms with Crippen molar-refractivity contribution in [3.63, 3.8) is 0 Å². The first-order valence-corrected chi connectivity index (χ1v) is 19.6. The lowest BCUT2D eigenvalue weighted by Gasteiger charge is -2.36. The van der Waals surface area contributed by atoms with Gasteiger partial charge in [-0.25, -0.2) is 18.4 Å². The molecule has 8 nitrogen and oxygen atoms in total. The Balaban J connectivity index is 1.55. The topological polar surface area (TPSA) is 88.0 Å². The Labute approximate surface area is 313 Å². The Morgan fingerprint density at radius 3 is 1.93 bits per heavy atom. The third kappa shape index (κ3) is 10.9. The van der Waals surface area contributed by atoms with Crippen LogP contribution in [-0.4, -0.2) is 55.8 Å². The summed E-state index contributed by atoms with van der Waals surface area (Å²) in [6, 6.07) is 2.95. The number of ether oxygens (including phenoxy) is 1. The van der Waals surface area contributed by atoms with Crippen molar-refractivity contribution in [2.45, 2.75) is 70.6 Å². The maximum atomic E-state index is 14.2. The van der Waals surface area contributed by atoms with Crippen molar-refractivity contribution in [1.82, 2.24) is 9.97 Å². The molecule has 3 aromatic rings. The van der Waals surface area contributed by atoms with Crippen molar-refractivity contribution in [1.29, 1.82) is 0 Å². The van der Waals surface area contributed by atoms with Gasteiger partial charge in [-0.1, -0.05) is 0 Å². The van der Waals surface area contributed by atoms with Gasteiger partial charge in [-0.15, -0.1) is 0 Å². The van der Waals surface area contributed by atoms with Gasteiger partial charge in [-0.3, -0.25) is 4.99 Å². The highest BCUT2D eigenvalue weighted by atomic mass is 32.2. The van der Waals surface area contributed by atoms with Crippen LogP contribution in [-0.2, 0) is 34.9 Å². The van der Waals surface area contributed by atoms with Crippen molar-refractivity contribution >= 4 is 27.2 Å². The number of rotatable bonds is 14. The molecule has 2 heterocycles. The van der Waals surface area contributed by atoms with Gasteiger partial charge in [0, 0.05) is 49.4 Å². The van der Waals surface area contributed by atoms with Crippen molar-refractivity contribution in [3.05, 3.63) is 88.9 Å². The van der Waals surface area contributed by atoms with E-state index in [1.807, 2.05) is 17.9 Å². The van der Waals surface area contributed by atoms with Crippen LogP contribution in [0, 0.1) is 11.8 Å². The molecule has 2 aromatic carbocycles. The van der Waals surface area contributed by atoms with Crippen LogP contribution in [0.5, 0.6) is 5.75 Å². The third-order valence-electron chi connectivity index (χ3n) is 9.84. The summed E-state index contributed by atoms with van der Waals surface area (Å²) in [6.07, 6.45) is -4.58. The second kappa shape index (κ2) is 16.4. The molecule has 1 aliphatic carbocycles. The monoisotopic (exact) mass is 805 g/mol. The average molecular weight is 806 g/mol. The van der Waals surface area contributed by atoms with E-state index in [1.54, 1.807) is 6.20 Å². The second-order valence-corrected chi connectivity index (χ2v) is 16.1. The van der Waals surface area contributed by atoms with E-state index in [4.69, 9.17) is 4.74 Å². The van der Waals surface area contributed by atoms with E-state index in [2.05, 4.69) is 15.0 Å². The number of aromatic nitrogens is 2. The minimum Gasteiger partial charge on any atom is -0.489 e. The maximum Gasteiger partial charge on any atom is 0.416 e. The van der Waals surface area contributed by atoms with E-state index in [0.717, 1.165) is 62.2 Å². The molecular weight excluding hydrogens is 765 g/mol. The lowest BCUT2D eigenvalue weighted by atomic mass is 9.79. The normalized spacial score (nSPS) is 18.4. The SMILES string of the molecule is CCN(C[C@H]1CC[C@H](C2=NC=C2)CC1)c1ccc(C(F)(F)F)cc1CN(c1ncc(OCCS(C)(=O)=O)cn1)C(C)c1cc(C(F)(F)F)cc(C(F)(F)F)c1. The lowest BCUT2D eigenvalue weighted by Crippen LogP contribution is -2.34. The second-order valence-electron chi connectivity index (χ2n) is 13.8. The van der Waals surface area contributed by atoms with Crippen LogP contribution in [0.1, 0.15) is 73.4 Å². The summed E-state index contributed by atoms with van der Waals surface area (Å²) in [4.78, 5) is 15.9. The predicted octanol–water partition coefficient (Wildman–Crippen LogP) is 9.33. The zero-order chi connectivity index (χ0) is 40.3. The number of anilines is 2. The summed E-state index contributed by atoms with van der Waals surface area (Å²) >= 11 is 0. The molecule has 0 saturated heterocycles. The molecule has 300 valence electrons. The molecule has 1 aliphatic heterocycles.